The van der Waals surface area contributed by atoms with Crippen molar-refractivity contribution in [3.05, 3.63) is 0 Å². The molecule has 3 atom stereocenters. The second-order valence-electron chi connectivity index (χ2n) is 8.68. The molecule has 0 aromatic rings. The molecular weight excluding hydrogens is 264 g/mol. The van der Waals surface area contributed by atoms with Crippen LogP contribution >= 0.6 is 0 Å². The van der Waals surface area contributed by atoms with Crippen LogP contribution in [0.25, 0.3) is 0 Å². The van der Waals surface area contributed by atoms with E-state index in [0.29, 0.717) is 5.92 Å². The standard InChI is InChI=1S/C17H30N2O2/c1-16(2,3)14(20)13-12-9-18-8-7-11(12)10-19(13)15(21)17(4,5)6/h11-13,18H,7-10H2,1-6H3. The predicted octanol–water partition coefficient (Wildman–Crippen LogP) is 2.08. The van der Waals surface area contributed by atoms with Gasteiger partial charge in [0.1, 0.15) is 0 Å². The summed E-state index contributed by atoms with van der Waals surface area (Å²) in [4.78, 5) is 27.6. The summed E-state index contributed by atoms with van der Waals surface area (Å²) in [6.07, 6.45) is 1.06. The Hall–Kier alpha value is -0.900. The molecule has 3 unspecified atom stereocenters. The topological polar surface area (TPSA) is 49.4 Å². The molecule has 4 heteroatoms. The molecule has 2 rings (SSSR count). The fourth-order valence-corrected chi connectivity index (χ4v) is 3.55. The minimum Gasteiger partial charge on any atom is -0.332 e. The number of rotatable bonds is 1. The fraction of sp³-hybridized carbons (Fsp3) is 0.882. The third kappa shape index (κ3) is 3.15. The maximum atomic E-state index is 12.9. The summed E-state index contributed by atoms with van der Waals surface area (Å²) in [5, 5.41) is 3.40. The Kier molecular flexibility index (Phi) is 4.22. The number of carbonyl (C=O) groups is 2. The zero-order valence-corrected chi connectivity index (χ0v) is 14.3. The summed E-state index contributed by atoms with van der Waals surface area (Å²) >= 11 is 0. The van der Waals surface area contributed by atoms with E-state index in [2.05, 4.69) is 5.32 Å². The molecule has 21 heavy (non-hydrogen) atoms. The average molecular weight is 294 g/mol. The van der Waals surface area contributed by atoms with Crippen LogP contribution in [0.15, 0.2) is 0 Å². The molecule has 120 valence electrons. The van der Waals surface area contributed by atoms with Gasteiger partial charge in [0.05, 0.1) is 6.04 Å². The van der Waals surface area contributed by atoms with Gasteiger partial charge >= 0.3 is 0 Å². The van der Waals surface area contributed by atoms with Crippen molar-refractivity contribution < 1.29 is 9.59 Å². The molecule has 0 saturated carbocycles. The van der Waals surface area contributed by atoms with Crippen molar-refractivity contribution in [1.82, 2.24) is 10.2 Å². The molecule has 0 aromatic heterocycles. The lowest BCUT2D eigenvalue weighted by Gasteiger charge is -2.36. The van der Waals surface area contributed by atoms with E-state index in [-0.39, 0.29) is 23.7 Å². The molecule has 2 aliphatic rings. The zero-order valence-electron chi connectivity index (χ0n) is 14.3. The first-order chi connectivity index (χ1) is 9.53. The molecule has 2 fully saturated rings. The summed E-state index contributed by atoms with van der Waals surface area (Å²) in [7, 11) is 0. The Morgan fingerprint density at radius 1 is 1.05 bits per heavy atom. The van der Waals surface area contributed by atoms with Crippen LogP contribution in [0.2, 0.25) is 0 Å². The molecule has 0 radical (unpaired) electrons. The normalized spacial score (nSPS) is 30.2. The Morgan fingerprint density at radius 3 is 2.19 bits per heavy atom. The maximum Gasteiger partial charge on any atom is 0.228 e. The summed E-state index contributed by atoms with van der Waals surface area (Å²) in [5.41, 5.74) is -0.843. The molecule has 2 heterocycles. The number of likely N-dealkylation sites (tertiary alicyclic amines) is 1. The van der Waals surface area contributed by atoms with Crippen LogP contribution < -0.4 is 5.32 Å². The smallest absolute Gasteiger partial charge is 0.228 e. The Balaban J connectivity index is 2.33. The van der Waals surface area contributed by atoms with E-state index in [4.69, 9.17) is 0 Å². The van der Waals surface area contributed by atoms with Crippen LogP contribution in [0, 0.1) is 22.7 Å². The average Bonchev–Trinajstić information content (AvgIpc) is 2.73. The van der Waals surface area contributed by atoms with Gasteiger partial charge in [-0.05, 0) is 18.9 Å². The number of hydrogen-bond donors (Lipinski definition) is 1. The molecule has 0 aliphatic carbocycles. The highest BCUT2D eigenvalue weighted by atomic mass is 16.2. The lowest BCUT2D eigenvalue weighted by Crippen LogP contribution is -2.52. The van der Waals surface area contributed by atoms with Crippen LogP contribution in [0.1, 0.15) is 48.0 Å². The molecule has 4 nitrogen and oxygen atoms in total. The van der Waals surface area contributed by atoms with E-state index in [1.165, 1.54) is 0 Å². The van der Waals surface area contributed by atoms with Gasteiger partial charge in [-0.25, -0.2) is 0 Å². The Labute approximate surface area is 128 Å². The highest BCUT2D eigenvalue weighted by molar-refractivity contribution is 5.94. The van der Waals surface area contributed by atoms with Crippen LogP contribution in [0.4, 0.5) is 0 Å². The number of piperidine rings is 1. The van der Waals surface area contributed by atoms with Gasteiger partial charge in [-0.2, -0.15) is 0 Å². The summed E-state index contributed by atoms with van der Waals surface area (Å²) in [5.74, 6) is 1.06. The monoisotopic (exact) mass is 294 g/mol. The van der Waals surface area contributed by atoms with Gasteiger partial charge in [0.25, 0.3) is 0 Å². The molecule has 0 aromatic carbocycles. The third-order valence-corrected chi connectivity index (χ3v) is 4.76. The van der Waals surface area contributed by atoms with Crippen molar-refractivity contribution >= 4 is 11.7 Å². The first kappa shape index (κ1) is 16.5. The van der Waals surface area contributed by atoms with E-state index in [0.717, 1.165) is 26.1 Å². The summed E-state index contributed by atoms with van der Waals surface area (Å²) < 4.78 is 0. The zero-order chi connectivity index (χ0) is 16.0. The van der Waals surface area contributed by atoms with Crippen LogP contribution in [-0.4, -0.2) is 42.3 Å². The van der Waals surface area contributed by atoms with Gasteiger partial charge in [-0.1, -0.05) is 41.5 Å². The second-order valence-corrected chi connectivity index (χ2v) is 8.68. The fourth-order valence-electron chi connectivity index (χ4n) is 3.55. The highest BCUT2D eigenvalue weighted by Gasteiger charge is 2.51. The first-order valence-electron chi connectivity index (χ1n) is 8.09. The quantitative estimate of drug-likeness (QED) is 0.805. The van der Waals surface area contributed by atoms with Crippen molar-refractivity contribution in [3.63, 3.8) is 0 Å². The summed E-state index contributed by atoms with van der Waals surface area (Å²) in [6.45, 7) is 14.3. The van der Waals surface area contributed by atoms with Crippen LogP contribution in [-0.2, 0) is 9.59 Å². The Bertz CT molecular complexity index is 431. The van der Waals surface area contributed by atoms with Gasteiger partial charge in [-0.3, -0.25) is 9.59 Å². The second kappa shape index (κ2) is 5.38. The van der Waals surface area contributed by atoms with E-state index >= 15 is 0 Å². The lowest BCUT2D eigenvalue weighted by molar-refractivity contribution is -0.147. The van der Waals surface area contributed by atoms with Crippen molar-refractivity contribution in [1.29, 1.82) is 0 Å². The lowest BCUT2D eigenvalue weighted by atomic mass is 9.77. The van der Waals surface area contributed by atoms with Crippen LogP contribution in [0.3, 0.4) is 0 Å². The van der Waals surface area contributed by atoms with Crippen molar-refractivity contribution in [2.24, 2.45) is 22.7 Å². The molecular formula is C17H30N2O2. The van der Waals surface area contributed by atoms with Crippen molar-refractivity contribution in [3.8, 4) is 0 Å². The third-order valence-electron chi connectivity index (χ3n) is 4.76. The van der Waals surface area contributed by atoms with Gasteiger partial charge in [-0.15, -0.1) is 0 Å². The van der Waals surface area contributed by atoms with Gasteiger partial charge in [0.2, 0.25) is 5.91 Å². The molecule has 2 aliphatic heterocycles. The SMILES string of the molecule is CC(C)(C)C(=O)C1C2CNCCC2CN1C(=O)C(C)(C)C. The largest absolute Gasteiger partial charge is 0.332 e. The van der Waals surface area contributed by atoms with E-state index < -0.39 is 10.8 Å². The van der Waals surface area contributed by atoms with Gasteiger partial charge in [0.15, 0.2) is 5.78 Å². The van der Waals surface area contributed by atoms with E-state index in [1.807, 2.05) is 46.4 Å². The number of ketones is 1. The van der Waals surface area contributed by atoms with Gasteiger partial charge < -0.3 is 10.2 Å². The number of fused-ring (bicyclic) bond motifs is 1. The number of hydrogen-bond acceptors (Lipinski definition) is 3. The molecule has 0 bridgehead atoms. The Morgan fingerprint density at radius 2 is 1.67 bits per heavy atom. The highest BCUT2D eigenvalue weighted by Crippen LogP contribution is 2.39. The number of nitrogens with one attached hydrogen (secondary N) is 1. The number of amides is 1. The molecule has 1 N–H and O–H groups in total. The minimum absolute atomic E-state index is 0.111. The van der Waals surface area contributed by atoms with Crippen LogP contribution in [0.5, 0.6) is 0 Å². The first-order valence-corrected chi connectivity index (χ1v) is 8.09. The van der Waals surface area contributed by atoms with Crippen molar-refractivity contribution in [2.75, 3.05) is 19.6 Å². The van der Waals surface area contributed by atoms with E-state index in [1.54, 1.807) is 0 Å². The predicted molar refractivity (Wildman–Crippen MR) is 83.9 cm³/mol. The maximum absolute atomic E-state index is 12.9. The van der Waals surface area contributed by atoms with E-state index in [9.17, 15) is 9.59 Å². The number of nitrogens with zero attached hydrogens (tertiary/aromatic N) is 1. The number of carbonyl (C=O) groups excluding carboxylic acids is 2. The number of Topliss-reactive ketones (excluding diaryl/α,β-unsaturated/α-hetero) is 1. The minimum atomic E-state index is -0.433. The molecule has 2 saturated heterocycles. The molecule has 1 amide bonds. The van der Waals surface area contributed by atoms with Crippen molar-refractivity contribution in [2.45, 2.75) is 54.0 Å². The van der Waals surface area contributed by atoms with Gasteiger partial charge in [0, 0.05) is 29.8 Å². The summed E-state index contributed by atoms with van der Waals surface area (Å²) in [6, 6.07) is -0.255. The molecule has 0 spiro atoms.